The molecule has 2 N–H and O–H groups in total. The molecule has 1 aromatic carbocycles. The monoisotopic (exact) mass is 480 g/mol. The molecular formula is C21H22Cl2N4O3S. The van der Waals surface area contributed by atoms with E-state index in [2.05, 4.69) is 10.1 Å². The molecule has 3 aromatic rings. The number of nitrogens with zero attached hydrogens (tertiary/aromatic N) is 3. The lowest BCUT2D eigenvalue weighted by Gasteiger charge is -2.13. The average molecular weight is 481 g/mol. The van der Waals surface area contributed by atoms with Crippen LogP contribution in [0.25, 0.3) is 0 Å². The van der Waals surface area contributed by atoms with E-state index >= 15 is 0 Å². The molecule has 0 spiro atoms. The number of benzene rings is 1. The van der Waals surface area contributed by atoms with Crippen LogP contribution in [0.3, 0.4) is 0 Å². The number of carbonyl (C=O) groups excluding carboxylic acids is 1. The predicted molar refractivity (Wildman–Crippen MR) is 120 cm³/mol. The number of aromatic nitrogens is 3. The van der Waals surface area contributed by atoms with E-state index in [0.29, 0.717) is 22.3 Å². The molecule has 164 valence electrons. The van der Waals surface area contributed by atoms with Crippen molar-refractivity contribution in [2.24, 2.45) is 5.73 Å². The topological polar surface area (TPSA) is 92.3 Å². The molecule has 10 heteroatoms. The lowest BCUT2D eigenvalue weighted by Crippen LogP contribution is -2.13. The lowest BCUT2D eigenvalue weighted by atomic mass is 10.2. The van der Waals surface area contributed by atoms with E-state index in [-0.39, 0.29) is 19.3 Å². The fourth-order valence-electron chi connectivity index (χ4n) is 2.81. The SMILES string of the molecule is CC(C)n1nc(COC(N)=O)c(COCc2ccncc2)c1Sc1cc(Cl)cc(Cl)c1. The number of pyridine rings is 1. The van der Waals surface area contributed by atoms with E-state index in [1.165, 1.54) is 11.8 Å². The highest BCUT2D eigenvalue weighted by Crippen LogP contribution is 2.37. The summed E-state index contributed by atoms with van der Waals surface area (Å²) in [6.07, 6.45) is 2.57. The number of amides is 1. The predicted octanol–water partition coefficient (Wildman–Crippen LogP) is 5.63. The average Bonchev–Trinajstić information content (AvgIpc) is 3.04. The molecule has 0 fully saturated rings. The molecule has 7 nitrogen and oxygen atoms in total. The van der Waals surface area contributed by atoms with Gasteiger partial charge in [0.05, 0.1) is 13.2 Å². The third-order valence-corrected chi connectivity index (χ3v) is 5.73. The summed E-state index contributed by atoms with van der Waals surface area (Å²) in [5.41, 5.74) is 7.55. The second-order valence-corrected chi connectivity index (χ2v) is 8.87. The highest BCUT2D eigenvalue weighted by Gasteiger charge is 2.22. The van der Waals surface area contributed by atoms with Crippen LogP contribution >= 0.6 is 35.0 Å². The number of halogens is 2. The summed E-state index contributed by atoms with van der Waals surface area (Å²) in [5.74, 6) is 0. The van der Waals surface area contributed by atoms with E-state index in [9.17, 15) is 4.79 Å². The van der Waals surface area contributed by atoms with Gasteiger partial charge in [0.25, 0.3) is 0 Å². The van der Waals surface area contributed by atoms with Gasteiger partial charge in [0, 0.05) is 38.9 Å². The number of carbonyl (C=O) groups is 1. The van der Waals surface area contributed by atoms with Gasteiger partial charge in [0.15, 0.2) is 0 Å². The Bertz CT molecular complexity index is 1020. The number of hydrogen-bond donors (Lipinski definition) is 1. The maximum atomic E-state index is 11.2. The Kier molecular flexibility index (Phi) is 8.20. The third kappa shape index (κ3) is 6.61. The van der Waals surface area contributed by atoms with Gasteiger partial charge in [-0.05, 0) is 49.7 Å². The van der Waals surface area contributed by atoms with Crippen molar-refractivity contribution in [1.29, 1.82) is 0 Å². The molecular weight excluding hydrogens is 459 g/mol. The maximum absolute atomic E-state index is 11.2. The van der Waals surface area contributed by atoms with Crippen molar-refractivity contribution < 1.29 is 14.3 Å². The van der Waals surface area contributed by atoms with Crippen LogP contribution in [0, 0.1) is 0 Å². The molecule has 3 rings (SSSR count). The second kappa shape index (κ2) is 10.9. The molecule has 0 aliphatic heterocycles. The number of rotatable bonds is 9. The van der Waals surface area contributed by atoms with Gasteiger partial charge in [0.1, 0.15) is 17.3 Å². The Hall–Kier alpha value is -2.26. The first-order chi connectivity index (χ1) is 14.8. The van der Waals surface area contributed by atoms with Gasteiger partial charge in [-0.2, -0.15) is 5.10 Å². The van der Waals surface area contributed by atoms with E-state index in [1.807, 2.05) is 42.8 Å². The molecule has 2 heterocycles. The smallest absolute Gasteiger partial charge is 0.404 e. The van der Waals surface area contributed by atoms with Crippen LogP contribution in [0.4, 0.5) is 4.79 Å². The standard InChI is InChI=1S/C21H22Cl2N4O3S/c1-13(2)27-20(31-17-8-15(22)7-16(23)9-17)18(19(26-27)12-30-21(24)28)11-29-10-14-3-5-25-6-4-14/h3-9,13H,10-12H2,1-2H3,(H2,24,28). The first-order valence-corrected chi connectivity index (χ1v) is 11.0. The molecule has 0 radical (unpaired) electrons. The zero-order valence-electron chi connectivity index (χ0n) is 17.0. The van der Waals surface area contributed by atoms with Crippen LogP contribution in [-0.2, 0) is 29.3 Å². The normalized spacial score (nSPS) is 11.1. The van der Waals surface area contributed by atoms with Crippen molar-refractivity contribution in [3.63, 3.8) is 0 Å². The molecule has 31 heavy (non-hydrogen) atoms. The lowest BCUT2D eigenvalue weighted by molar-refractivity contribution is 0.102. The van der Waals surface area contributed by atoms with Crippen molar-refractivity contribution in [3.05, 3.63) is 69.6 Å². The van der Waals surface area contributed by atoms with Crippen molar-refractivity contribution in [1.82, 2.24) is 14.8 Å². The van der Waals surface area contributed by atoms with E-state index in [1.54, 1.807) is 18.5 Å². The highest BCUT2D eigenvalue weighted by molar-refractivity contribution is 7.99. The fourth-order valence-corrected chi connectivity index (χ4v) is 4.70. The third-order valence-electron chi connectivity index (χ3n) is 4.20. The Morgan fingerprint density at radius 2 is 1.81 bits per heavy atom. The van der Waals surface area contributed by atoms with Crippen LogP contribution in [0.2, 0.25) is 10.0 Å². The molecule has 0 saturated heterocycles. The minimum Gasteiger partial charge on any atom is -0.443 e. The quantitative estimate of drug-likeness (QED) is 0.426. The Morgan fingerprint density at radius 3 is 2.42 bits per heavy atom. The van der Waals surface area contributed by atoms with Crippen LogP contribution in [0.1, 0.15) is 36.7 Å². The zero-order valence-corrected chi connectivity index (χ0v) is 19.4. The molecule has 2 aromatic heterocycles. The number of hydrogen-bond acceptors (Lipinski definition) is 6. The minimum absolute atomic E-state index is 0.0487. The van der Waals surface area contributed by atoms with Crippen LogP contribution in [0.5, 0.6) is 0 Å². The number of primary amides is 1. The summed E-state index contributed by atoms with van der Waals surface area (Å²) < 4.78 is 12.8. The number of nitrogens with two attached hydrogens (primary N) is 1. The summed E-state index contributed by atoms with van der Waals surface area (Å²) >= 11 is 13.8. The van der Waals surface area contributed by atoms with Gasteiger partial charge >= 0.3 is 6.09 Å². The van der Waals surface area contributed by atoms with Gasteiger partial charge in [-0.25, -0.2) is 4.79 Å². The molecule has 0 unspecified atom stereocenters. The largest absolute Gasteiger partial charge is 0.443 e. The van der Waals surface area contributed by atoms with Gasteiger partial charge in [-0.15, -0.1) is 0 Å². The maximum Gasteiger partial charge on any atom is 0.404 e. The highest BCUT2D eigenvalue weighted by atomic mass is 35.5. The first-order valence-electron chi connectivity index (χ1n) is 9.46. The molecule has 0 aliphatic carbocycles. The van der Waals surface area contributed by atoms with Crippen molar-refractivity contribution in [2.75, 3.05) is 0 Å². The first kappa shape index (κ1) is 23.4. The minimum atomic E-state index is -0.862. The van der Waals surface area contributed by atoms with Gasteiger partial charge in [-0.1, -0.05) is 35.0 Å². The number of ether oxygens (including phenoxy) is 2. The summed E-state index contributed by atoms with van der Waals surface area (Å²) in [6.45, 7) is 4.65. The van der Waals surface area contributed by atoms with Crippen molar-refractivity contribution in [2.45, 2.75) is 49.6 Å². The van der Waals surface area contributed by atoms with E-state index < -0.39 is 6.09 Å². The summed E-state index contributed by atoms with van der Waals surface area (Å²) in [4.78, 5) is 16.0. The Morgan fingerprint density at radius 1 is 1.13 bits per heavy atom. The Labute approximate surface area is 194 Å². The molecule has 1 amide bonds. The van der Waals surface area contributed by atoms with Gasteiger partial charge in [-0.3, -0.25) is 9.67 Å². The summed E-state index contributed by atoms with van der Waals surface area (Å²) in [6, 6.07) is 9.17. The van der Waals surface area contributed by atoms with Crippen LogP contribution in [-0.4, -0.2) is 20.9 Å². The van der Waals surface area contributed by atoms with Gasteiger partial charge in [0.2, 0.25) is 0 Å². The van der Waals surface area contributed by atoms with E-state index in [4.69, 9.17) is 38.4 Å². The van der Waals surface area contributed by atoms with Crippen LogP contribution < -0.4 is 5.73 Å². The molecule has 0 bridgehead atoms. The van der Waals surface area contributed by atoms with Crippen molar-refractivity contribution in [3.8, 4) is 0 Å². The van der Waals surface area contributed by atoms with Gasteiger partial charge < -0.3 is 15.2 Å². The fraction of sp³-hybridized carbons (Fsp3) is 0.286. The van der Waals surface area contributed by atoms with E-state index in [0.717, 1.165) is 21.0 Å². The summed E-state index contributed by atoms with van der Waals surface area (Å²) in [5, 5.41) is 6.59. The van der Waals surface area contributed by atoms with Crippen LogP contribution in [0.15, 0.2) is 52.6 Å². The second-order valence-electron chi connectivity index (χ2n) is 6.93. The molecule has 0 aliphatic rings. The van der Waals surface area contributed by atoms with Crippen molar-refractivity contribution >= 4 is 41.1 Å². The summed E-state index contributed by atoms with van der Waals surface area (Å²) in [7, 11) is 0. The molecule has 0 atom stereocenters. The Balaban J connectivity index is 1.93. The zero-order chi connectivity index (χ0) is 22.4. The molecule has 0 saturated carbocycles.